The van der Waals surface area contributed by atoms with Crippen molar-refractivity contribution in [2.45, 2.75) is 12.2 Å². The quantitative estimate of drug-likeness (QED) is 0.551. The first-order chi connectivity index (χ1) is 4.61. The number of hydrogen-bond acceptors (Lipinski definition) is 2. The van der Waals surface area contributed by atoms with E-state index < -0.39 is 12.2 Å². The van der Waals surface area contributed by atoms with Crippen molar-refractivity contribution in [3.8, 4) is 0 Å². The molecule has 0 aromatic heterocycles. The molecule has 1 aliphatic rings. The lowest BCUT2D eigenvalue weighted by Crippen LogP contribution is -2.50. The topological polar surface area (TPSA) is 21.3 Å². The SMILES string of the molecule is FC(F)(F)[C@H]1COCCN1. The summed E-state index contributed by atoms with van der Waals surface area (Å²) in [5, 5.41) is 2.31. The van der Waals surface area contributed by atoms with E-state index >= 15 is 0 Å². The Morgan fingerprint density at radius 2 is 2.10 bits per heavy atom. The first-order valence-electron chi connectivity index (χ1n) is 2.98. The number of ether oxygens (including phenoxy) is 1. The maximum absolute atomic E-state index is 11.8. The van der Waals surface area contributed by atoms with Gasteiger partial charge in [-0.1, -0.05) is 0 Å². The van der Waals surface area contributed by atoms with Gasteiger partial charge in [0.25, 0.3) is 0 Å². The van der Waals surface area contributed by atoms with Crippen LogP contribution >= 0.6 is 0 Å². The molecule has 0 spiro atoms. The van der Waals surface area contributed by atoms with Crippen LogP contribution in [0.3, 0.4) is 0 Å². The van der Waals surface area contributed by atoms with Crippen molar-refractivity contribution in [3.05, 3.63) is 0 Å². The van der Waals surface area contributed by atoms with E-state index in [2.05, 4.69) is 10.1 Å². The van der Waals surface area contributed by atoms with Crippen LogP contribution in [-0.2, 0) is 4.74 Å². The second-order valence-electron chi connectivity index (χ2n) is 2.12. The van der Waals surface area contributed by atoms with E-state index in [1.165, 1.54) is 0 Å². The highest BCUT2D eigenvalue weighted by Crippen LogP contribution is 2.21. The molecule has 0 bridgehead atoms. The van der Waals surface area contributed by atoms with E-state index in [1.54, 1.807) is 0 Å². The van der Waals surface area contributed by atoms with Gasteiger partial charge in [0.05, 0.1) is 13.2 Å². The molecule has 0 aromatic rings. The van der Waals surface area contributed by atoms with Gasteiger partial charge in [0.15, 0.2) is 0 Å². The average Bonchev–Trinajstić information content (AvgIpc) is 1.88. The highest BCUT2D eigenvalue weighted by atomic mass is 19.4. The Morgan fingerprint density at radius 3 is 2.40 bits per heavy atom. The fraction of sp³-hybridized carbons (Fsp3) is 1.00. The summed E-state index contributed by atoms with van der Waals surface area (Å²) in [6, 6.07) is -1.47. The lowest BCUT2D eigenvalue weighted by Gasteiger charge is -2.25. The lowest BCUT2D eigenvalue weighted by atomic mass is 10.3. The van der Waals surface area contributed by atoms with Gasteiger partial charge in [0.1, 0.15) is 6.04 Å². The van der Waals surface area contributed by atoms with Crippen LogP contribution in [0.15, 0.2) is 0 Å². The molecule has 0 saturated carbocycles. The van der Waals surface area contributed by atoms with Gasteiger partial charge in [-0.15, -0.1) is 0 Å². The number of alkyl halides is 3. The van der Waals surface area contributed by atoms with E-state index in [-0.39, 0.29) is 13.2 Å². The third kappa shape index (κ3) is 1.85. The van der Waals surface area contributed by atoms with Crippen molar-refractivity contribution in [2.75, 3.05) is 19.8 Å². The molecule has 1 N–H and O–H groups in total. The Balaban J connectivity index is 2.39. The van der Waals surface area contributed by atoms with E-state index in [1.807, 2.05) is 0 Å². The second kappa shape index (κ2) is 2.75. The molecule has 1 heterocycles. The maximum Gasteiger partial charge on any atom is 0.406 e. The van der Waals surface area contributed by atoms with Crippen LogP contribution in [-0.4, -0.2) is 32.0 Å². The third-order valence-electron chi connectivity index (χ3n) is 1.32. The van der Waals surface area contributed by atoms with Crippen LogP contribution in [0, 0.1) is 0 Å². The molecule has 0 unspecified atom stereocenters. The van der Waals surface area contributed by atoms with Gasteiger partial charge in [-0.3, -0.25) is 0 Å². The smallest absolute Gasteiger partial charge is 0.378 e. The Kier molecular flexibility index (Phi) is 2.15. The molecule has 60 valence electrons. The third-order valence-corrected chi connectivity index (χ3v) is 1.32. The highest BCUT2D eigenvalue weighted by Gasteiger charge is 2.40. The number of halogens is 3. The van der Waals surface area contributed by atoms with Gasteiger partial charge < -0.3 is 10.1 Å². The summed E-state index contributed by atoms with van der Waals surface area (Å²) in [4.78, 5) is 0. The fourth-order valence-electron chi connectivity index (χ4n) is 0.776. The van der Waals surface area contributed by atoms with E-state index in [0.717, 1.165) is 0 Å². The zero-order valence-electron chi connectivity index (χ0n) is 5.24. The lowest BCUT2D eigenvalue weighted by molar-refractivity contribution is -0.176. The molecule has 1 saturated heterocycles. The summed E-state index contributed by atoms with van der Waals surface area (Å²) in [7, 11) is 0. The number of nitrogens with one attached hydrogen (secondary N) is 1. The summed E-state index contributed by atoms with van der Waals surface area (Å²) in [5.41, 5.74) is 0. The van der Waals surface area contributed by atoms with E-state index in [4.69, 9.17) is 0 Å². The molecular formula is C5H8F3NO. The Labute approximate surface area is 56.4 Å². The zero-order chi connectivity index (χ0) is 7.61. The van der Waals surface area contributed by atoms with Gasteiger partial charge >= 0.3 is 6.18 Å². The summed E-state index contributed by atoms with van der Waals surface area (Å²) < 4.78 is 40.0. The molecule has 1 atom stereocenters. The molecule has 0 radical (unpaired) electrons. The summed E-state index contributed by atoms with van der Waals surface area (Å²) in [6.45, 7) is 0.389. The van der Waals surface area contributed by atoms with E-state index in [0.29, 0.717) is 6.61 Å². The summed E-state index contributed by atoms with van der Waals surface area (Å²) in [5.74, 6) is 0. The molecule has 0 aliphatic carbocycles. The first-order valence-corrected chi connectivity index (χ1v) is 2.98. The van der Waals surface area contributed by atoms with Crippen molar-refractivity contribution in [1.82, 2.24) is 5.32 Å². The van der Waals surface area contributed by atoms with Crippen molar-refractivity contribution >= 4 is 0 Å². The molecule has 0 amide bonds. The van der Waals surface area contributed by atoms with Crippen LogP contribution in [0.2, 0.25) is 0 Å². The fourth-order valence-corrected chi connectivity index (χ4v) is 0.776. The van der Waals surface area contributed by atoms with Crippen LogP contribution in [0.25, 0.3) is 0 Å². The predicted molar refractivity (Wildman–Crippen MR) is 28.7 cm³/mol. The Hall–Kier alpha value is -0.290. The summed E-state index contributed by atoms with van der Waals surface area (Å²) in [6.07, 6.45) is -4.17. The molecule has 1 fully saturated rings. The molecule has 0 aromatic carbocycles. The zero-order valence-corrected chi connectivity index (χ0v) is 5.24. The van der Waals surface area contributed by atoms with Gasteiger partial charge in [0, 0.05) is 6.54 Å². The van der Waals surface area contributed by atoms with Crippen molar-refractivity contribution < 1.29 is 17.9 Å². The minimum atomic E-state index is -4.17. The number of rotatable bonds is 0. The monoisotopic (exact) mass is 155 g/mol. The van der Waals surface area contributed by atoms with Crippen molar-refractivity contribution in [1.29, 1.82) is 0 Å². The molecular weight excluding hydrogens is 147 g/mol. The average molecular weight is 155 g/mol. The standard InChI is InChI=1S/C5H8F3NO/c6-5(7,8)4-3-10-2-1-9-4/h4,9H,1-3H2/t4-/m1/s1. The molecule has 1 rings (SSSR count). The van der Waals surface area contributed by atoms with Crippen LogP contribution in [0.5, 0.6) is 0 Å². The first kappa shape index (κ1) is 7.81. The maximum atomic E-state index is 11.8. The van der Waals surface area contributed by atoms with E-state index in [9.17, 15) is 13.2 Å². The van der Waals surface area contributed by atoms with Gasteiger partial charge in [-0.25, -0.2) is 0 Å². The largest absolute Gasteiger partial charge is 0.406 e. The highest BCUT2D eigenvalue weighted by molar-refractivity contribution is 4.76. The van der Waals surface area contributed by atoms with Gasteiger partial charge in [0.2, 0.25) is 0 Å². The van der Waals surface area contributed by atoms with Gasteiger partial charge in [-0.2, -0.15) is 13.2 Å². The van der Waals surface area contributed by atoms with Crippen molar-refractivity contribution in [3.63, 3.8) is 0 Å². The molecule has 1 aliphatic heterocycles. The second-order valence-corrected chi connectivity index (χ2v) is 2.12. The van der Waals surface area contributed by atoms with Gasteiger partial charge in [-0.05, 0) is 0 Å². The molecule has 5 heteroatoms. The number of hydrogen-bond donors (Lipinski definition) is 1. The normalized spacial score (nSPS) is 28.5. The minimum Gasteiger partial charge on any atom is -0.378 e. The minimum absolute atomic E-state index is 0.260. The summed E-state index contributed by atoms with van der Waals surface area (Å²) >= 11 is 0. The Morgan fingerprint density at radius 1 is 1.40 bits per heavy atom. The Bertz CT molecular complexity index is 108. The van der Waals surface area contributed by atoms with Crippen LogP contribution in [0.1, 0.15) is 0 Å². The predicted octanol–water partition coefficient (Wildman–Crippen LogP) is 0.537. The molecule has 2 nitrogen and oxygen atoms in total. The van der Waals surface area contributed by atoms with Crippen LogP contribution in [0.4, 0.5) is 13.2 Å². The molecule has 10 heavy (non-hydrogen) atoms. The number of morpholine rings is 1. The van der Waals surface area contributed by atoms with Crippen molar-refractivity contribution in [2.24, 2.45) is 0 Å². The van der Waals surface area contributed by atoms with Crippen LogP contribution < -0.4 is 5.32 Å².